The van der Waals surface area contributed by atoms with Gasteiger partial charge in [-0.2, -0.15) is 5.10 Å². The molecular formula is C15H18N2O3. The van der Waals surface area contributed by atoms with Gasteiger partial charge in [0, 0.05) is 23.4 Å². The van der Waals surface area contributed by atoms with Crippen LogP contribution >= 0.6 is 0 Å². The Morgan fingerprint density at radius 1 is 1.35 bits per heavy atom. The highest BCUT2D eigenvalue weighted by Crippen LogP contribution is 2.32. The fourth-order valence-corrected chi connectivity index (χ4v) is 1.97. The second-order valence-electron chi connectivity index (χ2n) is 4.88. The van der Waals surface area contributed by atoms with Gasteiger partial charge in [-0.15, -0.1) is 0 Å². The Labute approximate surface area is 117 Å². The zero-order valence-electron chi connectivity index (χ0n) is 11.8. The summed E-state index contributed by atoms with van der Waals surface area (Å²) < 4.78 is 7.23. The first kappa shape index (κ1) is 14.1. The van der Waals surface area contributed by atoms with Crippen molar-refractivity contribution >= 4 is 5.97 Å². The molecule has 0 fully saturated rings. The average Bonchev–Trinajstić information content (AvgIpc) is 2.79. The quantitative estimate of drug-likeness (QED) is 0.910. The van der Waals surface area contributed by atoms with E-state index in [0.717, 1.165) is 16.8 Å². The zero-order chi connectivity index (χ0) is 14.7. The molecule has 5 heteroatoms. The summed E-state index contributed by atoms with van der Waals surface area (Å²) in [5.41, 5.74) is 2.71. The van der Waals surface area contributed by atoms with Gasteiger partial charge in [0.2, 0.25) is 0 Å². The van der Waals surface area contributed by atoms with Gasteiger partial charge in [0.25, 0.3) is 0 Å². The maximum Gasteiger partial charge on any atom is 0.341 e. The maximum atomic E-state index is 10.6. The summed E-state index contributed by atoms with van der Waals surface area (Å²) in [6.07, 6.45) is 1.96. The van der Waals surface area contributed by atoms with Gasteiger partial charge in [-0.1, -0.05) is 18.2 Å². The molecule has 5 nitrogen and oxygen atoms in total. The van der Waals surface area contributed by atoms with Crippen LogP contribution in [0.3, 0.4) is 0 Å². The monoisotopic (exact) mass is 274 g/mol. The molecule has 2 aromatic rings. The average molecular weight is 274 g/mol. The summed E-state index contributed by atoms with van der Waals surface area (Å²) in [6.45, 7) is 5.70. The van der Waals surface area contributed by atoms with E-state index in [2.05, 4.69) is 18.9 Å². The van der Waals surface area contributed by atoms with Crippen molar-refractivity contribution in [1.29, 1.82) is 0 Å². The van der Waals surface area contributed by atoms with Crippen molar-refractivity contribution in [3.05, 3.63) is 36.2 Å². The molecule has 0 unspecified atom stereocenters. The molecule has 106 valence electrons. The van der Waals surface area contributed by atoms with Crippen LogP contribution < -0.4 is 4.74 Å². The minimum absolute atomic E-state index is 0.273. The predicted molar refractivity (Wildman–Crippen MR) is 75.9 cm³/mol. The van der Waals surface area contributed by atoms with Crippen molar-refractivity contribution in [2.75, 3.05) is 6.61 Å². The maximum absolute atomic E-state index is 10.6. The molecule has 0 atom stereocenters. The van der Waals surface area contributed by atoms with Crippen molar-refractivity contribution in [2.45, 2.75) is 26.8 Å². The van der Waals surface area contributed by atoms with Crippen LogP contribution in [0.1, 0.15) is 25.6 Å². The number of carbonyl (C=O) groups is 1. The molecule has 0 amide bonds. The number of carboxylic acid groups (broad SMARTS) is 1. The first-order valence-electron chi connectivity index (χ1n) is 6.48. The van der Waals surface area contributed by atoms with Gasteiger partial charge in [-0.25, -0.2) is 4.79 Å². The molecular weight excluding hydrogens is 256 g/mol. The lowest BCUT2D eigenvalue weighted by Crippen LogP contribution is -2.09. The fraction of sp³-hybridized carbons (Fsp3) is 0.333. The van der Waals surface area contributed by atoms with Gasteiger partial charge in [0.05, 0.1) is 5.69 Å². The number of ether oxygens (including phenoxy) is 1. The second kappa shape index (κ2) is 5.77. The van der Waals surface area contributed by atoms with E-state index in [0.29, 0.717) is 5.75 Å². The summed E-state index contributed by atoms with van der Waals surface area (Å²) in [6, 6.07) is 7.67. The largest absolute Gasteiger partial charge is 0.481 e. The van der Waals surface area contributed by atoms with Gasteiger partial charge in [-0.3, -0.25) is 4.68 Å². The van der Waals surface area contributed by atoms with Gasteiger partial charge in [0.1, 0.15) is 5.75 Å². The first-order valence-corrected chi connectivity index (χ1v) is 6.48. The van der Waals surface area contributed by atoms with Gasteiger partial charge in [0.15, 0.2) is 6.61 Å². The molecule has 1 aromatic carbocycles. The van der Waals surface area contributed by atoms with Crippen molar-refractivity contribution in [3.8, 4) is 16.9 Å². The van der Waals surface area contributed by atoms with Crippen molar-refractivity contribution in [3.63, 3.8) is 0 Å². The third-order valence-electron chi connectivity index (χ3n) is 2.97. The fourth-order valence-electron chi connectivity index (χ4n) is 1.97. The highest BCUT2D eigenvalue weighted by Gasteiger charge is 2.13. The summed E-state index contributed by atoms with van der Waals surface area (Å²) in [4.78, 5) is 10.6. The third kappa shape index (κ3) is 2.99. The van der Waals surface area contributed by atoms with Crippen LogP contribution in [0.4, 0.5) is 0 Å². The highest BCUT2D eigenvalue weighted by atomic mass is 16.5. The van der Waals surface area contributed by atoms with Crippen molar-refractivity contribution in [1.82, 2.24) is 9.78 Å². The molecule has 1 N–H and O–H groups in total. The lowest BCUT2D eigenvalue weighted by atomic mass is 10.1. The van der Waals surface area contributed by atoms with E-state index < -0.39 is 5.97 Å². The van der Waals surface area contributed by atoms with E-state index in [-0.39, 0.29) is 12.6 Å². The van der Waals surface area contributed by atoms with E-state index >= 15 is 0 Å². The van der Waals surface area contributed by atoms with E-state index in [1.54, 1.807) is 6.07 Å². The number of aliphatic carboxylic acids is 1. The molecule has 0 aliphatic rings. The van der Waals surface area contributed by atoms with Crippen molar-refractivity contribution < 1.29 is 14.6 Å². The molecule has 2 rings (SSSR count). The minimum Gasteiger partial charge on any atom is -0.481 e. The van der Waals surface area contributed by atoms with Crippen LogP contribution in [0.25, 0.3) is 11.1 Å². The van der Waals surface area contributed by atoms with Crippen LogP contribution in [0.5, 0.6) is 5.75 Å². The Hall–Kier alpha value is -2.30. The first-order chi connectivity index (χ1) is 9.49. The molecule has 0 saturated heterocycles. The van der Waals surface area contributed by atoms with Crippen LogP contribution in [0, 0.1) is 6.92 Å². The van der Waals surface area contributed by atoms with Crippen molar-refractivity contribution in [2.24, 2.45) is 0 Å². The Balaban J connectivity index is 2.39. The second-order valence-corrected chi connectivity index (χ2v) is 4.88. The Kier molecular flexibility index (Phi) is 4.08. The Morgan fingerprint density at radius 2 is 2.05 bits per heavy atom. The number of aryl methyl sites for hydroxylation is 1. The standard InChI is InChI=1S/C15H18N2O3/c1-10(2)17-8-13(11(3)16-17)12-6-4-5-7-14(12)20-9-15(18)19/h4-8,10H,9H2,1-3H3,(H,18,19). The van der Waals surface area contributed by atoms with E-state index in [1.807, 2.05) is 36.0 Å². The number of hydrogen-bond acceptors (Lipinski definition) is 3. The number of hydrogen-bond donors (Lipinski definition) is 1. The number of aromatic nitrogens is 2. The molecule has 0 bridgehead atoms. The SMILES string of the molecule is Cc1nn(C(C)C)cc1-c1ccccc1OCC(=O)O. The van der Waals surface area contributed by atoms with Gasteiger partial charge >= 0.3 is 5.97 Å². The number of benzene rings is 1. The van der Waals surface area contributed by atoms with E-state index in [1.165, 1.54) is 0 Å². The molecule has 0 radical (unpaired) electrons. The van der Waals surface area contributed by atoms with Crippen LogP contribution in [0.2, 0.25) is 0 Å². The lowest BCUT2D eigenvalue weighted by molar-refractivity contribution is -0.139. The minimum atomic E-state index is -0.991. The predicted octanol–water partition coefficient (Wildman–Crippen LogP) is 2.90. The zero-order valence-corrected chi connectivity index (χ0v) is 11.8. The smallest absolute Gasteiger partial charge is 0.341 e. The van der Waals surface area contributed by atoms with Gasteiger partial charge < -0.3 is 9.84 Å². The third-order valence-corrected chi connectivity index (χ3v) is 2.97. The number of carboxylic acids is 1. The number of para-hydroxylation sites is 1. The molecule has 0 aliphatic carbocycles. The molecule has 0 aliphatic heterocycles. The molecule has 0 saturated carbocycles. The van der Waals surface area contributed by atoms with Crippen LogP contribution in [-0.4, -0.2) is 27.5 Å². The van der Waals surface area contributed by atoms with Gasteiger partial charge in [-0.05, 0) is 26.8 Å². The molecule has 1 heterocycles. The summed E-state index contributed by atoms with van der Waals surface area (Å²) >= 11 is 0. The van der Waals surface area contributed by atoms with E-state index in [4.69, 9.17) is 9.84 Å². The Bertz CT molecular complexity index is 617. The summed E-state index contributed by atoms with van der Waals surface area (Å²) in [5, 5.41) is 13.2. The van der Waals surface area contributed by atoms with Crippen LogP contribution in [0.15, 0.2) is 30.5 Å². The molecule has 0 spiro atoms. The number of nitrogens with zero attached hydrogens (tertiary/aromatic N) is 2. The van der Waals surface area contributed by atoms with Crippen LogP contribution in [-0.2, 0) is 4.79 Å². The number of rotatable bonds is 5. The highest BCUT2D eigenvalue weighted by molar-refractivity contribution is 5.73. The molecule has 20 heavy (non-hydrogen) atoms. The lowest BCUT2D eigenvalue weighted by Gasteiger charge is -2.09. The Morgan fingerprint density at radius 3 is 2.65 bits per heavy atom. The summed E-state index contributed by atoms with van der Waals surface area (Å²) in [5.74, 6) is -0.435. The molecule has 1 aromatic heterocycles. The normalized spacial score (nSPS) is 10.8. The summed E-state index contributed by atoms with van der Waals surface area (Å²) in [7, 11) is 0. The topological polar surface area (TPSA) is 64.4 Å². The van der Waals surface area contributed by atoms with E-state index in [9.17, 15) is 4.79 Å².